The molecule has 0 aromatic heterocycles. The van der Waals surface area contributed by atoms with Gasteiger partial charge in [-0.2, -0.15) is 19.3 Å². The highest BCUT2D eigenvalue weighted by molar-refractivity contribution is 8.17. The van der Waals surface area contributed by atoms with E-state index in [1.54, 1.807) is 6.07 Å². The van der Waals surface area contributed by atoms with Gasteiger partial charge in [-0.1, -0.05) is 0 Å². The third-order valence-electron chi connectivity index (χ3n) is 4.65. The van der Waals surface area contributed by atoms with Crippen molar-refractivity contribution < 1.29 is 31.6 Å². The molecule has 1 aliphatic carbocycles. The molecule has 30 heavy (non-hydrogen) atoms. The molecule has 0 fully saturated rings. The molecule has 6 nitrogen and oxygen atoms in total. The molecule has 0 aliphatic heterocycles. The van der Waals surface area contributed by atoms with Gasteiger partial charge in [-0.15, -0.1) is 0 Å². The van der Waals surface area contributed by atoms with Crippen LogP contribution in [0.5, 0.6) is 11.5 Å². The van der Waals surface area contributed by atoms with Gasteiger partial charge < -0.3 is 9.84 Å². The molecule has 158 valence electrons. The molecule has 0 unspecified atom stereocenters. The normalized spacial score (nSPS) is 20.9. The van der Waals surface area contributed by atoms with Gasteiger partial charge in [-0.05, 0) is 33.5 Å². The Hall–Kier alpha value is -3.15. The molecule has 0 saturated carbocycles. The SMILES string of the molecule is CS(C)(=O)(NC#N)c1ccc(Oc2cc(F)cc(C#N)c2)c2c1[C@H](O)C(F)(F)[C@@H]2F. The first-order chi connectivity index (χ1) is 13.8. The number of ether oxygens (including phenoxy) is 1. The summed E-state index contributed by atoms with van der Waals surface area (Å²) < 4.78 is 77.8. The number of aliphatic hydroxyl groups is 1. The molecule has 2 aromatic carbocycles. The van der Waals surface area contributed by atoms with Crippen LogP contribution in [0.1, 0.15) is 29.0 Å². The summed E-state index contributed by atoms with van der Waals surface area (Å²) in [5, 5.41) is 28.0. The molecule has 0 saturated heterocycles. The highest BCUT2D eigenvalue weighted by Gasteiger charge is 2.59. The Morgan fingerprint density at radius 1 is 1.20 bits per heavy atom. The first kappa shape index (κ1) is 21.6. The van der Waals surface area contributed by atoms with Crippen molar-refractivity contribution in [2.24, 2.45) is 0 Å². The molecule has 3 rings (SSSR count). The van der Waals surface area contributed by atoms with Crippen LogP contribution < -0.4 is 9.46 Å². The molecule has 2 aromatic rings. The Morgan fingerprint density at radius 2 is 1.87 bits per heavy atom. The van der Waals surface area contributed by atoms with Gasteiger partial charge in [0.15, 0.2) is 12.4 Å². The van der Waals surface area contributed by atoms with Gasteiger partial charge in [0.05, 0.1) is 11.6 Å². The zero-order chi connectivity index (χ0) is 22.5. The summed E-state index contributed by atoms with van der Waals surface area (Å²) in [6.07, 6.45) is -2.04. The number of alkyl halides is 3. The molecular formula is C19H15F4N3O3S. The van der Waals surface area contributed by atoms with E-state index in [1.165, 1.54) is 6.19 Å². The first-order valence-corrected chi connectivity index (χ1v) is 11.1. The summed E-state index contributed by atoms with van der Waals surface area (Å²) in [5.74, 6) is -5.85. The van der Waals surface area contributed by atoms with E-state index in [1.807, 2.05) is 0 Å². The third-order valence-corrected chi connectivity index (χ3v) is 6.97. The average Bonchev–Trinajstić information content (AvgIpc) is 2.82. The van der Waals surface area contributed by atoms with E-state index in [4.69, 9.17) is 15.3 Å². The first-order valence-electron chi connectivity index (χ1n) is 8.34. The molecule has 0 radical (unpaired) electrons. The molecule has 2 N–H and O–H groups in total. The van der Waals surface area contributed by atoms with E-state index in [9.17, 15) is 26.9 Å². The number of halogens is 4. The highest BCUT2D eigenvalue weighted by atomic mass is 32.3. The maximum Gasteiger partial charge on any atom is 0.312 e. The Kier molecular flexibility index (Phi) is 4.81. The molecule has 0 heterocycles. The fraction of sp³-hybridized carbons (Fsp3) is 0.263. The van der Waals surface area contributed by atoms with Crippen LogP contribution in [-0.2, 0) is 9.25 Å². The topological polar surface area (TPSA) is 106 Å². The second-order valence-electron chi connectivity index (χ2n) is 7.26. The summed E-state index contributed by atoms with van der Waals surface area (Å²) in [5.41, 5.74) is -1.56. The number of rotatable bonds is 4. The van der Waals surface area contributed by atoms with Crippen molar-refractivity contribution in [1.29, 1.82) is 10.5 Å². The number of aliphatic hydroxyl groups excluding tert-OH is 1. The lowest BCUT2D eigenvalue weighted by atomic mass is 10.1. The zero-order valence-electron chi connectivity index (χ0n) is 15.6. The minimum absolute atomic E-state index is 0.121. The molecule has 0 amide bonds. The van der Waals surface area contributed by atoms with E-state index in [0.29, 0.717) is 0 Å². The zero-order valence-corrected chi connectivity index (χ0v) is 16.4. The smallest absolute Gasteiger partial charge is 0.312 e. The second kappa shape index (κ2) is 6.69. The molecule has 2 atom stereocenters. The van der Waals surface area contributed by atoms with Crippen molar-refractivity contribution in [2.45, 2.75) is 23.1 Å². The number of nitrogens with one attached hydrogen (secondary N) is 1. The Labute approximate surface area is 168 Å². The number of benzene rings is 2. The van der Waals surface area contributed by atoms with E-state index in [-0.39, 0.29) is 16.2 Å². The van der Waals surface area contributed by atoms with Crippen molar-refractivity contribution in [3.8, 4) is 23.8 Å². The lowest BCUT2D eigenvalue weighted by Gasteiger charge is -2.35. The van der Waals surface area contributed by atoms with E-state index >= 15 is 0 Å². The number of fused-ring (bicyclic) bond motifs is 1. The molecular weight excluding hydrogens is 426 g/mol. The number of hydrogen-bond acceptors (Lipinski definition) is 5. The summed E-state index contributed by atoms with van der Waals surface area (Å²) in [4.78, 5) is -0.375. The van der Waals surface area contributed by atoms with Crippen molar-refractivity contribution in [2.75, 3.05) is 12.5 Å². The van der Waals surface area contributed by atoms with Crippen molar-refractivity contribution >= 4 is 9.25 Å². The molecule has 0 spiro atoms. The van der Waals surface area contributed by atoms with Crippen molar-refractivity contribution in [3.05, 3.63) is 52.8 Å². The predicted molar refractivity (Wildman–Crippen MR) is 98.4 cm³/mol. The van der Waals surface area contributed by atoms with Crippen LogP contribution in [0.2, 0.25) is 0 Å². The number of nitriles is 2. The van der Waals surface area contributed by atoms with Crippen LogP contribution in [0.3, 0.4) is 0 Å². The molecule has 1 aliphatic rings. The summed E-state index contributed by atoms with van der Waals surface area (Å²) in [7, 11) is -4.29. The Morgan fingerprint density at radius 3 is 2.47 bits per heavy atom. The average molecular weight is 441 g/mol. The van der Waals surface area contributed by atoms with Crippen LogP contribution >= 0.6 is 0 Å². The van der Waals surface area contributed by atoms with E-state index in [0.717, 1.165) is 42.8 Å². The lowest BCUT2D eigenvalue weighted by molar-refractivity contribution is -0.143. The predicted octanol–water partition coefficient (Wildman–Crippen LogP) is 3.61. The Balaban J connectivity index is 2.25. The molecule has 0 bridgehead atoms. The van der Waals surface area contributed by atoms with Crippen LogP contribution in [0.4, 0.5) is 17.6 Å². The minimum Gasteiger partial charge on any atom is -0.457 e. The fourth-order valence-corrected chi connectivity index (χ4v) is 4.97. The summed E-state index contributed by atoms with van der Waals surface area (Å²) in [6.45, 7) is 0. The van der Waals surface area contributed by atoms with Crippen LogP contribution in [0, 0.1) is 28.6 Å². The van der Waals surface area contributed by atoms with Gasteiger partial charge in [0.25, 0.3) is 0 Å². The van der Waals surface area contributed by atoms with Gasteiger partial charge in [0, 0.05) is 34.6 Å². The summed E-state index contributed by atoms with van der Waals surface area (Å²) >= 11 is 0. The lowest BCUT2D eigenvalue weighted by Crippen LogP contribution is -2.43. The second-order valence-corrected chi connectivity index (χ2v) is 11.6. The van der Waals surface area contributed by atoms with Gasteiger partial charge in [-0.3, -0.25) is 8.93 Å². The van der Waals surface area contributed by atoms with Gasteiger partial charge in [0.2, 0.25) is 0 Å². The largest absolute Gasteiger partial charge is 0.457 e. The monoisotopic (exact) mass is 441 g/mol. The van der Waals surface area contributed by atoms with Crippen molar-refractivity contribution in [1.82, 2.24) is 4.72 Å². The Bertz CT molecular complexity index is 1200. The fourth-order valence-electron chi connectivity index (χ4n) is 3.27. The number of hydrogen-bond donors (Lipinski definition) is 2. The van der Waals surface area contributed by atoms with Crippen LogP contribution in [-0.4, -0.2) is 27.7 Å². The summed E-state index contributed by atoms with van der Waals surface area (Å²) in [6, 6.07) is 6.68. The van der Waals surface area contributed by atoms with E-state index in [2.05, 4.69) is 4.72 Å². The van der Waals surface area contributed by atoms with E-state index < -0.39 is 50.1 Å². The maximum atomic E-state index is 14.7. The number of nitrogens with zero attached hydrogens (tertiary/aromatic N) is 2. The standard InChI is InChI=1S/C19H15F4N3O3S/c1-30(2,28,26-9-25)14-4-3-13(15-16(14)18(27)19(22,23)17(15)21)29-12-6-10(8-24)5-11(20)7-12/h3-7,17-18,27H,1-2H3,(H,26,28)/t17-,18+/m1/s1. The quantitative estimate of drug-likeness (QED) is 0.428. The van der Waals surface area contributed by atoms with Gasteiger partial charge in [-0.25, -0.2) is 8.78 Å². The highest BCUT2D eigenvalue weighted by Crippen LogP contribution is 2.58. The third kappa shape index (κ3) is 3.36. The molecule has 11 heteroatoms. The van der Waals surface area contributed by atoms with Gasteiger partial charge in [0.1, 0.15) is 23.4 Å². The maximum absolute atomic E-state index is 14.7. The van der Waals surface area contributed by atoms with Crippen LogP contribution in [0.15, 0.2) is 35.2 Å². The van der Waals surface area contributed by atoms with Gasteiger partial charge >= 0.3 is 5.92 Å². The van der Waals surface area contributed by atoms with Crippen molar-refractivity contribution in [3.63, 3.8) is 0 Å². The van der Waals surface area contributed by atoms with Crippen LogP contribution in [0.25, 0.3) is 0 Å². The minimum atomic E-state index is -4.29.